The highest BCUT2D eigenvalue weighted by Crippen LogP contribution is 2.17. The summed E-state index contributed by atoms with van der Waals surface area (Å²) in [7, 11) is 0. The molecular weight excluding hydrogens is 270 g/mol. The number of nitrogens with one attached hydrogen (secondary N) is 1. The van der Waals surface area contributed by atoms with Gasteiger partial charge in [-0.2, -0.15) is 0 Å². The highest BCUT2D eigenvalue weighted by Gasteiger charge is 2.11. The molecule has 5 nitrogen and oxygen atoms in total. The Labute approximate surface area is 125 Å². The van der Waals surface area contributed by atoms with Gasteiger partial charge >= 0.3 is 0 Å². The minimum absolute atomic E-state index is 0.172. The number of hydrogen-bond acceptors (Lipinski definition) is 4. The number of carbonyl (C=O) groups excluding carboxylic acids is 2. The molecule has 1 atom stereocenters. The molecule has 1 N–H and O–H groups in total. The lowest BCUT2D eigenvalue weighted by molar-refractivity contribution is -0.312. The maximum Gasteiger partial charge on any atom is 0.224 e. The Morgan fingerprint density at radius 1 is 1.19 bits per heavy atom. The zero-order chi connectivity index (χ0) is 15.7. The van der Waals surface area contributed by atoms with Crippen molar-refractivity contribution in [2.24, 2.45) is 5.92 Å². The molecule has 0 spiro atoms. The number of benzene rings is 1. The van der Waals surface area contributed by atoms with Crippen LogP contribution in [-0.4, -0.2) is 18.5 Å². The first-order chi connectivity index (χ1) is 10.1. The normalized spacial score (nSPS) is 11.7. The second-order valence-electron chi connectivity index (χ2n) is 4.85. The standard InChI is InChI=1S/C16H23NO4/c1-3-5-12(16(19)20)6-11-15(18)17-13-7-9-14(10-8-13)21-4-2/h7-10,12H,3-6,11H2,1-2H3,(H,17,18)(H,19,20)/p-1/t12-/m1/s1. The fourth-order valence-electron chi connectivity index (χ4n) is 2.06. The largest absolute Gasteiger partial charge is 0.550 e. The van der Waals surface area contributed by atoms with Crippen LogP contribution in [-0.2, 0) is 9.59 Å². The Morgan fingerprint density at radius 3 is 2.38 bits per heavy atom. The molecule has 0 aliphatic carbocycles. The average Bonchev–Trinajstić information content (AvgIpc) is 2.45. The Kier molecular flexibility index (Phi) is 7.29. The average molecular weight is 292 g/mol. The molecule has 0 heterocycles. The molecule has 0 bridgehead atoms. The Bertz CT molecular complexity index is 456. The van der Waals surface area contributed by atoms with Gasteiger partial charge in [-0.15, -0.1) is 0 Å². The van der Waals surface area contributed by atoms with Crippen molar-refractivity contribution in [3.05, 3.63) is 24.3 Å². The molecule has 0 saturated carbocycles. The van der Waals surface area contributed by atoms with Crippen LogP contribution < -0.4 is 15.2 Å². The van der Waals surface area contributed by atoms with E-state index < -0.39 is 11.9 Å². The molecule has 0 radical (unpaired) electrons. The minimum Gasteiger partial charge on any atom is -0.550 e. The summed E-state index contributed by atoms with van der Waals surface area (Å²) in [6.07, 6.45) is 1.78. The zero-order valence-corrected chi connectivity index (χ0v) is 12.6. The van der Waals surface area contributed by atoms with Crippen molar-refractivity contribution in [2.45, 2.75) is 39.5 Å². The van der Waals surface area contributed by atoms with Crippen molar-refractivity contribution in [3.63, 3.8) is 0 Å². The van der Waals surface area contributed by atoms with Crippen molar-refractivity contribution in [3.8, 4) is 5.75 Å². The first-order valence-electron chi connectivity index (χ1n) is 7.30. The van der Waals surface area contributed by atoms with E-state index in [1.807, 2.05) is 13.8 Å². The van der Waals surface area contributed by atoms with E-state index in [1.165, 1.54) is 0 Å². The number of rotatable bonds is 9. The van der Waals surface area contributed by atoms with E-state index in [9.17, 15) is 14.7 Å². The molecule has 5 heteroatoms. The Morgan fingerprint density at radius 2 is 1.86 bits per heavy atom. The molecule has 0 aromatic heterocycles. The van der Waals surface area contributed by atoms with Crippen LogP contribution in [0, 0.1) is 5.92 Å². The molecule has 1 rings (SSSR count). The van der Waals surface area contributed by atoms with Crippen molar-refractivity contribution < 1.29 is 19.4 Å². The van der Waals surface area contributed by atoms with Crippen LogP contribution in [0.5, 0.6) is 5.75 Å². The van der Waals surface area contributed by atoms with Gasteiger partial charge in [-0.25, -0.2) is 0 Å². The molecule has 0 aliphatic rings. The number of ether oxygens (including phenoxy) is 1. The summed E-state index contributed by atoms with van der Waals surface area (Å²) >= 11 is 0. The van der Waals surface area contributed by atoms with E-state index in [0.29, 0.717) is 25.1 Å². The topological polar surface area (TPSA) is 78.5 Å². The summed E-state index contributed by atoms with van der Waals surface area (Å²) < 4.78 is 5.31. The van der Waals surface area contributed by atoms with Crippen molar-refractivity contribution in [1.82, 2.24) is 0 Å². The number of carboxylic acids is 1. The number of aliphatic carboxylic acids is 1. The van der Waals surface area contributed by atoms with Gasteiger partial charge in [-0.1, -0.05) is 13.3 Å². The SMILES string of the molecule is CCC[C@H](CCC(=O)Nc1ccc(OCC)cc1)C(=O)[O-]. The van der Waals surface area contributed by atoms with E-state index in [4.69, 9.17) is 4.74 Å². The van der Waals surface area contributed by atoms with Gasteiger partial charge in [-0.05, 0) is 49.9 Å². The summed E-state index contributed by atoms with van der Waals surface area (Å²) in [6.45, 7) is 4.41. The van der Waals surface area contributed by atoms with Gasteiger partial charge in [0.15, 0.2) is 0 Å². The maximum atomic E-state index is 11.8. The summed E-state index contributed by atoms with van der Waals surface area (Å²) in [4.78, 5) is 22.7. The summed E-state index contributed by atoms with van der Waals surface area (Å²) in [5.74, 6) is -1.08. The molecule has 0 aliphatic heterocycles. The van der Waals surface area contributed by atoms with E-state index in [0.717, 1.165) is 12.2 Å². The molecule has 0 fully saturated rings. The van der Waals surface area contributed by atoms with E-state index in [2.05, 4.69) is 5.32 Å². The van der Waals surface area contributed by atoms with Crippen LogP contribution in [0.4, 0.5) is 5.69 Å². The summed E-state index contributed by atoms with van der Waals surface area (Å²) in [5, 5.41) is 13.6. The van der Waals surface area contributed by atoms with Crippen LogP contribution in [0.2, 0.25) is 0 Å². The number of anilines is 1. The monoisotopic (exact) mass is 292 g/mol. The zero-order valence-electron chi connectivity index (χ0n) is 12.6. The first kappa shape index (κ1) is 17.0. The number of amides is 1. The van der Waals surface area contributed by atoms with Gasteiger partial charge in [0.05, 0.1) is 6.61 Å². The molecular formula is C16H22NO4-. The van der Waals surface area contributed by atoms with Crippen LogP contribution in [0.3, 0.4) is 0 Å². The highest BCUT2D eigenvalue weighted by molar-refractivity contribution is 5.90. The van der Waals surface area contributed by atoms with Crippen LogP contribution >= 0.6 is 0 Å². The third kappa shape index (κ3) is 6.29. The van der Waals surface area contributed by atoms with Crippen molar-refractivity contribution in [2.75, 3.05) is 11.9 Å². The van der Waals surface area contributed by atoms with Crippen LogP contribution in [0.15, 0.2) is 24.3 Å². The molecule has 21 heavy (non-hydrogen) atoms. The second kappa shape index (κ2) is 9.00. The van der Waals surface area contributed by atoms with Gasteiger partial charge in [0.1, 0.15) is 5.75 Å². The van der Waals surface area contributed by atoms with E-state index in [-0.39, 0.29) is 12.3 Å². The predicted octanol–water partition coefficient (Wildman–Crippen LogP) is 1.97. The lowest BCUT2D eigenvalue weighted by Crippen LogP contribution is -2.32. The van der Waals surface area contributed by atoms with Gasteiger partial charge in [0, 0.05) is 18.1 Å². The van der Waals surface area contributed by atoms with E-state index >= 15 is 0 Å². The summed E-state index contributed by atoms with van der Waals surface area (Å²) in [6, 6.07) is 7.07. The van der Waals surface area contributed by atoms with Gasteiger partial charge in [0.25, 0.3) is 0 Å². The van der Waals surface area contributed by atoms with Crippen molar-refractivity contribution >= 4 is 17.6 Å². The van der Waals surface area contributed by atoms with Gasteiger partial charge in [0.2, 0.25) is 5.91 Å². The van der Waals surface area contributed by atoms with E-state index in [1.54, 1.807) is 24.3 Å². The fraction of sp³-hybridized carbons (Fsp3) is 0.500. The minimum atomic E-state index is -1.08. The highest BCUT2D eigenvalue weighted by atomic mass is 16.5. The maximum absolute atomic E-state index is 11.8. The fourth-order valence-corrected chi connectivity index (χ4v) is 2.06. The van der Waals surface area contributed by atoms with Crippen LogP contribution in [0.1, 0.15) is 39.5 Å². The molecule has 1 aromatic carbocycles. The van der Waals surface area contributed by atoms with Gasteiger partial charge < -0.3 is 20.0 Å². The predicted molar refractivity (Wildman–Crippen MR) is 78.9 cm³/mol. The molecule has 1 aromatic rings. The smallest absolute Gasteiger partial charge is 0.224 e. The molecule has 0 saturated heterocycles. The Hall–Kier alpha value is -2.04. The number of carboxylic acid groups (broad SMARTS) is 1. The third-order valence-corrected chi connectivity index (χ3v) is 3.14. The van der Waals surface area contributed by atoms with Crippen molar-refractivity contribution in [1.29, 1.82) is 0 Å². The Balaban J connectivity index is 2.44. The first-order valence-corrected chi connectivity index (χ1v) is 7.30. The quantitative estimate of drug-likeness (QED) is 0.754. The number of hydrogen-bond donors (Lipinski definition) is 1. The number of carbonyl (C=O) groups is 2. The molecule has 1 amide bonds. The third-order valence-electron chi connectivity index (χ3n) is 3.14. The summed E-state index contributed by atoms with van der Waals surface area (Å²) in [5.41, 5.74) is 0.670. The lowest BCUT2D eigenvalue weighted by atomic mass is 9.98. The molecule has 0 unspecified atom stereocenters. The van der Waals surface area contributed by atoms with Crippen LogP contribution in [0.25, 0.3) is 0 Å². The second-order valence-corrected chi connectivity index (χ2v) is 4.85. The molecule has 116 valence electrons. The lowest BCUT2D eigenvalue weighted by Gasteiger charge is -2.16. The van der Waals surface area contributed by atoms with Gasteiger partial charge in [-0.3, -0.25) is 4.79 Å².